The molecule has 0 radical (unpaired) electrons. The number of hydrogen-bond donors (Lipinski definition) is 2. The molecule has 0 aliphatic heterocycles. The summed E-state index contributed by atoms with van der Waals surface area (Å²) in [6.07, 6.45) is -2.05. The van der Waals surface area contributed by atoms with Crippen molar-refractivity contribution in [1.82, 2.24) is 0 Å². The summed E-state index contributed by atoms with van der Waals surface area (Å²) in [5.41, 5.74) is 2.01. The molecule has 0 bridgehead atoms. The van der Waals surface area contributed by atoms with Crippen molar-refractivity contribution in [1.29, 1.82) is 5.41 Å². The van der Waals surface area contributed by atoms with Gasteiger partial charge >= 0.3 is 6.18 Å². The normalized spacial score (nSPS) is 15.6. The van der Waals surface area contributed by atoms with E-state index in [0.29, 0.717) is 17.6 Å². The Morgan fingerprint density at radius 1 is 1.47 bits per heavy atom. The molecule has 0 heterocycles. The zero-order valence-corrected chi connectivity index (χ0v) is 9.06. The first kappa shape index (κ1) is 13.5. The van der Waals surface area contributed by atoms with Gasteiger partial charge in [-0.25, -0.2) is 0 Å². The molecule has 0 spiro atoms. The fourth-order valence-corrected chi connectivity index (χ4v) is 1.39. The van der Waals surface area contributed by atoms with Gasteiger partial charge in [0.15, 0.2) is 0 Å². The highest BCUT2D eigenvalue weighted by atomic mass is 19.4. The van der Waals surface area contributed by atoms with Gasteiger partial charge in [0.05, 0.1) is 11.3 Å². The van der Waals surface area contributed by atoms with Gasteiger partial charge in [0.2, 0.25) is 0 Å². The Kier molecular flexibility index (Phi) is 4.10. The van der Waals surface area contributed by atoms with Gasteiger partial charge in [-0.15, -0.1) is 5.73 Å². The lowest BCUT2D eigenvalue weighted by molar-refractivity contribution is -0.0861. The number of rotatable bonds is 4. The summed E-state index contributed by atoms with van der Waals surface area (Å²) in [5, 5.41) is 15.8. The van der Waals surface area contributed by atoms with E-state index in [1.165, 1.54) is 0 Å². The van der Waals surface area contributed by atoms with Gasteiger partial charge in [-0.1, -0.05) is 12.2 Å². The lowest BCUT2D eigenvalue weighted by Crippen LogP contribution is -2.19. The quantitative estimate of drug-likeness (QED) is 0.578. The van der Waals surface area contributed by atoms with Crippen LogP contribution < -0.4 is 0 Å². The van der Waals surface area contributed by atoms with Crippen molar-refractivity contribution in [3.05, 3.63) is 41.2 Å². The standard InChI is InChI=1S/C12H12F3NO/c1-8(4-5-17)6-9-2-3-11(16)10(7-9)12(13,14)15/h3,7,16-17H,1,4-6H2. The first-order valence-electron chi connectivity index (χ1n) is 4.95. The van der Waals surface area contributed by atoms with Gasteiger partial charge in [-0.3, -0.25) is 5.41 Å². The van der Waals surface area contributed by atoms with E-state index in [0.717, 1.165) is 12.2 Å². The fourth-order valence-electron chi connectivity index (χ4n) is 1.39. The Balaban J connectivity index is 2.89. The predicted molar refractivity (Wildman–Crippen MR) is 58.9 cm³/mol. The van der Waals surface area contributed by atoms with E-state index in [-0.39, 0.29) is 13.0 Å². The maximum Gasteiger partial charge on any atom is 0.418 e. The SMILES string of the molecule is C=C(CCO)CC1=C=CC(=N)C(C(F)(F)F)=C1. The number of aliphatic hydroxyl groups excluding tert-OH is 1. The summed E-state index contributed by atoms with van der Waals surface area (Å²) in [6, 6.07) is 0. The molecule has 0 unspecified atom stereocenters. The van der Waals surface area contributed by atoms with E-state index < -0.39 is 17.5 Å². The molecule has 0 aromatic rings. The Morgan fingerprint density at radius 3 is 2.65 bits per heavy atom. The highest BCUT2D eigenvalue weighted by Gasteiger charge is 2.36. The molecule has 0 fully saturated rings. The van der Waals surface area contributed by atoms with Crippen LogP contribution in [0, 0.1) is 5.41 Å². The van der Waals surface area contributed by atoms with Gasteiger partial charge in [-0.05, 0) is 18.1 Å². The summed E-state index contributed by atoms with van der Waals surface area (Å²) in [7, 11) is 0. The van der Waals surface area contributed by atoms with Crippen LogP contribution in [0.2, 0.25) is 0 Å². The third-order valence-corrected chi connectivity index (χ3v) is 2.22. The van der Waals surface area contributed by atoms with Gasteiger partial charge in [0.1, 0.15) is 0 Å². The summed E-state index contributed by atoms with van der Waals surface area (Å²) >= 11 is 0. The number of halogens is 3. The van der Waals surface area contributed by atoms with Crippen LogP contribution in [0.1, 0.15) is 12.8 Å². The molecular weight excluding hydrogens is 231 g/mol. The maximum atomic E-state index is 12.5. The molecule has 5 heteroatoms. The van der Waals surface area contributed by atoms with E-state index in [9.17, 15) is 13.2 Å². The smallest absolute Gasteiger partial charge is 0.396 e. The molecule has 0 aromatic heterocycles. The second kappa shape index (κ2) is 5.17. The van der Waals surface area contributed by atoms with E-state index in [1.54, 1.807) is 0 Å². The van der Waals surface area contributed by atoms with Crippen LogP contribution in [0.25, 0.3) is 0 Å². The molecule has 92 valence electrons. The van der Waals surface area contributed by atoms with Crippen LogP contribution in [0.5, 0.6) is 0 Å². The Labute approximate surface area is 97.0 Å². The monoisotopic (exact) mass is 243 g/mol. The van der Waals surface area contributed by atoms with Gasteiger partial charge in [0.25, 0.3) is 0 Å². The molecule has 1 rings (SSSR count). The van der Waals surface area contributed by atoms with Gasteiger partial charge in [0, 0.05) is 19.1 Å². The number of aliphatic hydroxyl groups is 1. The number of hydrogen-bond acceptors (Lipinski definition) is 2. The molecule has 0 saturated heterocycles. The second-order valence-electron chi connectivity index (χ2n) is 3.68. The van der Waals surface area contributed by atoms with Gasteiger partial charge in [-0.2, -0.15) is 13.2 Å². The number of alkyl halides is 3. The molecule has 0 saturated carbocycles. The second-order valence-corrected chi connectivity index (χ2v) is 3.68. The molecule has 17 heavy (non-hydrogen) atoms. The molecular formula is C12H12F3NO. The van der Waals surface area contributed by atoms with E-state index in [1.807, 2.05) is 0 Å². The molecule has 2 N–H and O–H groups in total. The van der Waals surface area contributed by atoms with Gasteiger partial charge < -0.3 is 5.11 Å². The fraction of sp³-hybridized carbons (Fsp3) is 0.333. The van der Waals surface area contributed by atoms with Crippen LogP contribution in [-0.2, 0) is 0 Å². The molecule has 0 aromatic carbocycles. The van der Waals surface area contributed by atoms with E-state index >= 15 is 0 Å². The first-order valence-corrected chi connectivity index (χ1v) is 4.95. The number of nitrogens with one attached hydrogen (secondary N) is 1. The van der Waals surface area contributed by atoms with Crippen LogP contribution >= 0.6 is 0 Å². The molecule has 1 aliphatic rings. The lowest BCUT2D eigenvalue weighted by atomic mass is 9.97. The lowest BCUT2D eigenvalue weighted by Gasteiger charge is -2.14. The summed E-state index contributed by atoms with van der Waals surface area (Å²) < 4.78 is 37.6. The highest BCUT2D eigenvalue weighted by Crippen LogP contribution is 2.30. The van der Waals surface area contributed by atoms with Crippen molar-refractivity contribution in [3.63, 3.8) is 0 Å². The Morgan fingerprint density at radius 2 is 2.12 bits per heavy atom. The van der Waals surface area contributed by atoms with Crippen LogP contribution in [0.4, 0.5) is 13.2 Å². The minimum atomic E-state index is -4.53. The van der Waals surface area contributed by atoms with Crippen molar-refractivity contribution in [2.24, 2.45) is 0 Å². The van der Waals surface area contributed by atoms with Crippen molar-refractivity contribution in [2.45, 2.75) is 19.0 Å². The largest absolute Gasteiger partial charge is 0.418 e. The Hall–Kier alpha value is -1.58. The molecule has 2 nitrogen and oxygen atoms in total. The van der Waals surface area contributed by atoms with Crippen LogP contribution in [0.15, 0.2) is 41.2 Å². The summed E-state index contributed by atoms with van der Waals surface area (Å²) in [4.78, 5) is 0. The van der Waals surface area contributed by atoms with E-state index in [2.05, 4.69) is 12.3 Å². The maximum absolute atomic E-state index is 12.5. The average molecular weight is 243 g/mol. The first-order chi connectivity index (χ1) is 7.84. The average Bonchev–Trinajstić information content (AvgIpc) is 2.19. The van der Waals surface area contributed by atoms with Crippen molar-refractivity contribution < 1.29 is 18.3 Å². The van der Waals surface area contributed by atoms with Crippen molar-refractivity contribution >= 4 is 5.71 Å². The topological polar surface area (TPSA) is 44.1 Å². The summed E-state index contributed by atoms with van der Waals surface area (Å²) in [5.74, 6) is 0. The molecule has 0 amide bonds. The van der Waals surface area contributed by atoms with Crippen LogP contribution in [-0.4, -0.2) is 23.6 Å². The Bertz CT molecular complexity index is 437. The van der Waals surface area contributed by atoms with E-state index in [4.69, 9.17) is 10.5 Å². The minimum Gasteiger partial charge on any atom is -0.396 e. The molecule has 1 aliphatic carbocycles. The van der Waals surface area contributed by atoms with Crippen LogP contribution in [0.3, 0.4) is 0 Å². The third-order valence-electron chi connectivity index (χ3n) is 2.22. The third kappa shape index (κ3) is 3.73. The van der Waals surface area contributed by atoms with Crippen molar-refractivity contribution in [2.75, 3.05) is 6.61 Å². The minimum absolute atomic E-state index is 0.0819. The number of allylic oxidation sites excluding steroid dienone is 3. The molecule has 0 atom stereocenters. The highest BCUT2D eigenvalue weighted by molar-refractivity contribution is 6.08. The summed E-state index contributed by atoms with van der Waals surface area (Å²) in [6.45, 7) is 3.56. The van der Waals surface area contributed by atoms with Crippen molar-refractivity contribution in [3.8, 4) is 0 Å². The zero-order chi connectivity index (χ0) is 13.1. The zero-order valence-electron chi connectivity index (χ0n) is 9.06. The predicted octanol–water partition coefficient (Wildman–Crippen LogP) is 2.92.